The first kappa shape index (κ1) is 16.4. The van der Waals surface area contributed by atoms with Gasteiger partial charge in [0.15, 0.2) is 0 Å². The number of hydrogen-bond donors (Lipinski definition) is 2. The Morgan fingerprint density at radius 2 is 2.08 bits per heavy atom. The predicted molar refractivity (Wildman–Crippen MR) is 85.1 cm³/mol. The number of benzene rings is 1. The highest BCUT2D eigenvalue weighted by Crippen LogP contribution is 2.24. The van der Waals surface area contributed by atoms with Gasteiger partial charge in [-0.05, 0) is 31.9 Å². The molecule has 0 saturated carbocycles. The summed E-state index contributed by atoms with van der Waals surface area (Å²) in [4.78, 5) is 29.3. The minimum Gasteiger partial charge on any atom is -0.480 e. The number of aliphatic imine (C=N–C) groups is 1. The number of carbonyl (C=O) groups is 2. The third-order valence-electron chi connectivity index (χ3n) is 4.16. The zero-order valence-corrected chi connectivity index (χ0v) is 13.8. The van der Waals surface area contributed by atoms with Gasteiger partial charge >= 0.3 is 5.97 Å². The van der Waals surface area contributed by atoms with Crippen molar-refractivity contribution >= 4 is 27.7 Å². The molecule has 0 bridgehead atoms. The smallest absolute Gasteiger partial charge is 0.326 e. The van der Waals surface area contributed by atoms with Crippen molar-refractivity contribution in [2.75, 3.05) is 6.54 Å². The number of amidine groups is 1. The second-order valence-electron chi connectivity index (χ2n) is 5.78. The van der Waals surface area contributed by atoms with Crippen LogP contribution < -0.4 is 4.72 Å². The molecule has 128 valence electrons. The maximum Gasteiger partial charge on any atom is 0.326 e. The summed E-state index contributed by atoms with van der Waals surface area (Å²) in [5, 5.41) is 9.18. The molecule has 8 nitrogen and oxygen atoms in total. The van der Waals surface area contributed by atoms with Crippen LogP contribution in [0.5, 0.6) is 0 Å². The van der Waals surface area contributed by atoms with Crippen LogP contribution in [0.4, 0.5) is 0 Å². The van der Waals surface area contributed by atoms with Gasteiger partial charge in [0.05, 0.1) is 4.90 Å². The average molecular weight is 351 g/mol. The summed E-state index contributed by atoms with van der Waals surface area (Å²) in [6.45, 7) is 1.90. The summed E-state index contributed by atoms with van der Waals surface area (Å²) in [5.74, 6) is -1.35. The SMILES string of the molecule is CC(N=C1NS(=O)(=O)c2ccccc21)C(=O)N1CCC[C@@H]1C(=O)O. The zero-order valence-electron chi connectivity index (χ0n) is 13.0. The molecule has 0 radical (unpaired) electrons. The van der Waals surface area contributed by atoms with Crippen molar-refractivity contribution in [2.45, 2.75) is 36.7 Å². The largest absolute Gasteiger partial charge is 0.480 e. The maximum absolute atomic E-state index is 12.5. The molecule has 2 N–H and O–H groups in total. The first-order chi connectivity index (χ1) is 11.3. The molecule has 0 aliphatic carbocycles. The molecule has 1 unspecified atom stereocenters. The second kappa shape index (κ2) is 5.90. The molecule has 3 rings (SSSR count). The van der Waals surface area contributed by atoms with Crippen LogP contribution in [0.2, 0.25) is 0 Å². The van der Waals surface area contributed by atoms with Crippen LogP contribution in [0.1, 0.15) is 25.3 Å². The van der Waals surface area contributed by atoms with E-state index in [1.165, 1.54) is 17.9 Å². The van der Waals surface area contributed by atoms with Crippen LogP contribution in [0.3, 0.4) is 0 Å². The first-order valence-electron chi connectivity index (χ1n) is 7.54. The van der Waals surface area contributed by atoms with Crippen molar-refractivity contribution in [2.24, 2.45) is 4.99 Å². The summed E-state index contributed by atoms with van der Waals surface area (Å²) < 4.78 is 26.4. The number of carbonyl (C=O) groups excluding carboxylic acids is 1. The fourth-order valence-electron chi connectivity index (χ4n) is 3.01. The fourth-order valence-corrected chi connectivity index (χ4v) is 4.24. The van der Waals surface area contributed by atoms with E-state index in [9.17, 15) is 23.1 Å². The van der Waals surface area contributed by atoms with E-state index in [1.807, 2.05) is 0 Å². The molecular formula is C15H17N3O5S. The number of hydrogen-bond acceptors (Lipinski definition) is 5. The second-order valence-corrected chi connectivity index (χ2v) is 7.43. The Labute approximate surface area is 139 Å². The van der Waals surface area contributed by atoms with Crippen molar-refractivity contribution in [1.82, 2.24) is 9.62 Å². The molecule has 1 saturated heterocycles. The molecule has 2 aliphatic rings. The van der Waals surface area contributed by atoms with E-state index in [4.69, 9.17) is 0 Å². The van der Waals surface area contributed by atoms with Gasteiger partial charge < -0.3 is 10.0 Å². The number of nitrogens with zero attached hydrogens (tertiary/aromatic N) is 2. The molecule has 0 spiro atoms. The summed E-state index contributed by atoms with van der Waals surface area (Å²) >= 11 is 0. The van der Waals surface area contributed by atoms with E-state index in [0.29, 0.717) is 24.9 Å². The van der Waals surface area contributed by atoms with E-state index >= 15 is 0 Å². The number of rotatable bonds is 3. The van der Waals surface area contributed by atoms with E-state index in [1.54, 1.807) is 18.2 Å². The Hall–Kier alpha value is -2.42. The highest BCUT2D eigenvalue weighted by Gasteiger charge is 2.37. The van der Waals surface area contributed by atoms with Gasteiger partial charge in [-0.25, -0.2) is 13.2 Å². The number of likely N-dealkylation sites (tertiary alicyclic amines) is 1. The molecule has 24 heavy (non-hydrogen) atoms. The van der Waals surface area contributed by atoms with Gasteiger partial charge in [0.2, 0.25) is 5.91 Å². The summed E-state index contributed by atoms with van der Waals surface area (Å²) in [5.41, 5.74) is 0.411. The number of fused-ring (bicyclic) bond motifs is 1. The summed E-state index contributed by atoms with van der Waals surface area (Å²) in [7, 11) is -3.67. The topological polar surface area (TPSA) is 116 Å². The molecule has 9 heteroatoms. The number of nitrogens with one attached hydrogen (secondary N) is 1. The molecule has 1 aromatic rings. The van der Waals surface area contributed by atoms with Crippen molar-refractivity contribution < 1.29 is 23.1 Å². The Kier molecular flexibility index (Phi) is 4.04. The first-order valence-corrected chi connectivity index (χ1v) is 9.03. The van der Waals surface area contributed by atoms with Crippen LogP contribution >= 0.6 is 0 Å². The molecule has 1 fully saturated rings. The Morgan fingerprint density at radius 1 is 1.38 bits per heavy atom. The lowest BCUT2D eigenvalue weighted by molar-refractivity contribution is -0.148. The summed E-state index contributed by atoms with van der Waals surface area (Å²) in [6.07, 6.45) is 1.04. The van der Waals surface area contributed by atoms with Crippen LogP contribution in [0, 0.1) is 0 Å². The van der Waals surface area contributed by atoms with Gasteiger partial charge in [-0.3, -0.25) is 14.5 Å². The van der Waals surface area contributed by atoms with Crippen molar-refractivity contribution in [1.29, 1.82) is 0 Å². The van der Waals surface area contributed by atoms with Gasteiger partial charge in [-0.2, -0.15) is 0 Å². The molecule has 1 amide bonds. The number of amides is 1. The standard InChI is InChI=1S/C15H17N3O5S/c1-9(14(19)18-8-4-6-11(18)15(20)21)16-13-10-5-2-3-7-12(10)24(22,23)17-13/h2-3,5,7,9,11H,4,6,8H2,1H3,(H,16,17)(H,20,21)/t9?,11-/m1/s1. The van der Waals surface area contributed by atoms with Gasteiger partial charge in [0.1, 0.15) is 17.9 Å². The molecule has 2 heterocycles. The van der Waals surface area contributed by atoms with Crippen LogP contribution in [-0.2, 0) is 19.6 Å². The monoisotopic (exact) mass is 351 g/mol. The molecular weight excluding hydrogens is 334 g/mol. The third kappa shape index (κ3) is 2.75. The van der Waals surface area contributed by atoms with E-state index in [-0.39, 0.29) is 10.7 Å². The van der Waals surface area contributed by atoms with Crippen LogP contribution in [0.25, 0.3) is 0 Å². The van der Waals surface area contributed by atoms with Crippen molar-refractivity contribution in [3.05, 3.63) is 29.8 Å². The quantitative estimate of drug-likeness (QED) is 0.806. The third-order valence-corrected chi connectivity index (χ3v) is 5.56. The van der Waals surface area contributed by atoms with E-state index in [2.05, 4.69) is 9.71 Å². The number of sulfonamides is 1. The summed E-state index contributed by atoms with van der Waals surface area (Å²) in [6, 6.07) is 4.65. The minimum absolute atomic E-state index is 0.109. The predicted octanol–water partition coefficient (Wildman–Crippen LogP) is 0.189. The Bertz CT molecular complexity index is 833. The molecule has 2 aliphatic heterocycles. The lowest BCUT2D eigenvalue weighted by Gasteiger charge is -2.23. The Balaban J connectivity index is 1.87. The van der Waals surface area contributed by atoms with Crippen molar-refractivity contribution in [3.8, 4) is 0 Å². The number of aliphatic carboxylic acids is 1. The van der Waals surface area contributed by atoms with Gasteiger partial charge in [-0.15, -0.1) is 0 Å². The zero-order chi connectivity index (χ0) is 17.5. The van der Waals surface area contributed by atoms with Gasteiger partial charge in [0.25, 0.3) is 10.0 Å². The lowest BCUT2D eigenvalue weighted by Crippen LogP contribution is -2.44. The average Bonchev–Trinajstić information content (AvgIpc) is 3.11. The lowest BCUT2D eigenvalue weighted by atomic mass is 10.2. The van der Waals surface area contributed by atoms with Crippen molar-refractivity contribution in [3.63, 3.8) is 0 Å². The maximum atomic E-state index is 12.5. The minimum atomic E-state index is -3.67. The van der Waals surface area contributed by atoms with E-state index in [0.717, 1.165) is 0 Å². The van der Waals surface area contributed by atoms with E-state index < -0.39 is 34.0 Å². The fraction of sp³-hybridized carbons (Fsp3) is 0.400. The van der Waals surface area contributed by atoms with Crippen LogP contribution in [0.15, 0.2) is 34.2 Å². The van der Waals surface area contributed by atoms with Gasteiger partial charge in [0, 0.05) is 12.1 Å². The number of carboxylic acid groups (broad SMARTS) is 1. The molecule has 1 aromatic carbocycles. The molecule has 2 atom stereocenters. The Morgan fingerprint density at radius 3 is 2.79 bits per heavy atom. The van der Waals surface area contributed by atoms with Gasteiger partial charge in [-0.1, -0.05) is 12.1 Å². The molecule has 0 aromatic heterocycles. The van der Waals surface area contributed by atoms with Crippen LogP contribution in [-0.4, -0.2) is 54.8 Å². The highest BCUT2D eigenvalue weighted by molar-refractivity contribution is 7.90. The number of carboxylic acids is 1. The normalized spacial score (nSPS) is 24.5. The highest BCUT2D eigenvalue weighted by atomic mass is 32.2.